The first-order valence-corrected chi connectivity index (χ1v) is 26.7. The molecule has 0 aromatic rings. The molecule has 0 aromatic carbocycles. The molecule has 0 aromatic heterocycles. The average Bonchev–Trinajstić information content (AvgIpc) is 3.25. The van der Waals surface area contributed by atoms with Crippen LogP contribution in [0.25, 0.3) is 0 Å². The molecule has 1 heterocycles. The summed E-state index contributed by atoms with van der Waals surface area (Å²) in [4.78, 5) is 13.2. The summed E-state index contributed by atoms with van der Waals surface area (Å²) in [7, 11) is -5.11. The van der Waals surface area contributed by atoms with Gasteiger partial charge in [0.1, 0.15) is 30.5 Å². The van der Waals surface area contributed by atoms with Gasteiger partial charge in [-0.1, -0.05) is 199 Å². The Bertz CT molecular complexity index is 1240. The normalized spacial score (nSPS) is 21.0. The maximum absolute atomic E-state index is 13.2. The second kappa shape index (κ2) is 39.7. The maximum atomic E-state index is 13.2. The fourth-order valence-electron chi connectivity index (χ4n) is 8.08. The summed E-state index contributed by atoms with van der Waals surface area (Å²) in [5.41, 5.74) is 0. The maximum Gasteiger partial charge on any atom is 0.397 e. The zero-order valence-corrected chi connectivity index (χ0v) is 40.3. The van der Waals surface area contributed by atoms with Crippen molar-refractivity contribution >= 4 is 16.3 Å². The van der Waals surface area contributed by atoms with Crippen molar-refractivity contribution in [1.82, 2.24) is 5.32 Å². The highest BCUT2D eigenvalue weighted by Crippen LogP contribution is 2.26. The van der Waals surface area contributed by atoms with E-state index in [1.54, 1.807) is 0 Å². The zero-order valence-electron chi connectivity index (χ0n) is 39.5. The predicted molar refractivity (Wildman–Crippen MR) is 251 cm³/mol. The first kappa shape index (κ1) is 59.6. The van der Waals surface area contributed by atoms with Crippen molar-refractivity contribution in [3.8, 4) is 0 Å². The van der Waals surface area contributed by atoms with Gasteiger partial charge in [-0.15, -0.1) is 0 Å². The Kier molecular flexibility index (Phi) is 37.5. The number of hydrogen-bond donors (Lipinski definition) is 7. The van der Waals surface area contributed by atoms with Crippen LogP contribution in [-0.4, -0.2) is 107 Å². The van der Waals surface area contributed by atoms with Crippen LogP contribution in [0.2, 0.25) is 0 Å². The smallest absolute Gasteiger partial charge is 0.394 e. The molecule has 8 atom stereocenters. The highest BCUT2D eigenvalue weighted by molar-refractivity contribution is 7.80. The lowest BCUT2D eigenvalue weighted by atomic mass is 9.99. The Balaban J connectivity index is 2.51. The van der Waals surface area contributed by atoms with Crippen LogP contribution in [-0.2, 0) is 28.9 Å². The number of amides is 1. The molecule has 0 radical (unpaired) electrons. The number of unbranched alkanes of at least 4 members (excludes halogenated alkanes) is 26. The number of aliphatic hydroxyl groups is 5. The highest BCUT2D eigenvalue weighted by atomic mass is 32.3. The Morgan fingerprint density at radius 2 is 1.06 bits per heavy atom. The molecule has 13 nitrogen and oxygen atoms in total. The van der Waals surface area contributed by atoms with E-state index in [1.165, 1.54) is 109 Å². The molecule has 0 bridgehead atoms. The first-order chi connectivity index (χ1) is 30.4. The van der Waals surface area contributed by atoms with E-state index >= 15 is 0 Å². The molecule has 1 aliphatic rings. The van der Waals surface area contributed by atoms with Crippen LogP contribution in [0.1, 0.15) is 219 Å². The Morgan fingerprint density at radius 3 is 1.54 bits per heavy atom. The largest absolute Gasteiger partial charge is 0.397 e. The predicted octanol–water partition coefficient (Wildman–Crippen LogP) is 9.47. The van der Waals surface area contributed by atoms with E-state index in [1.807, 2.05) is 0 Å². The molecule has 7 N–H and O–H groups in total. The SMILES string of the molecule is CCCCC/C=C\C/C=C\CCCCCCCCC(O)C(=O)NC(COC1OC(CO)C(O)C(OS(=O)(=O)O)C1O)C(O)CCCCCCCCCCCCCCCCCCCC. The van der Waals surface area contributed by atoms with Gasteiger partial charge < -0.3 is 40.3 Å². The minimum atomic E-state index is -5.11. The van der Waals surface area contributed by atoms with E-state index in [2.05, 4.69) is 47.7 Å². The van der Waals surface area contributed by atoms with Crippen molar-refractivity contribution in [2.75, 3.05) is 13.2 Å². The summed E-state index contributed by atoms with van der Waals surface area (Å²) >= 11 is 0. The molecule has 63 heavy (non-hydrogen) atoms. The number of aliphatic hydroxyl groups excluding tert-OH is 5. The third-order valence-corrected chi connectivity index (χ3v) is 12.6. The quantitative estimate of drug-likeness (QED) is 0.0173. The number of allylic oxidation sites excluding steroid dienone is 4. The van der Waals surface area contributed by atoms with E-state index in [0.29, 0.717) is 19.3 Å². The lowest BCUT2D eigenvalue weighted by Crippen LogP contribution is -2.61. The minimum absolute atomic E-state index is 0.249. The van der Waals surface area contributed by atoms with Crippen molar-refractivity contribution in [1.29, 1.82) is 0 Å². The number of nitrogens with one attached hydrogen (secondary N) is 1. The van der Waals surface area contributed by atoms with E-state index in [0.717, 1.165) is 70.6 Å². The molecule has 0 aliphatic carbocycles. The summed E-state index contributed by atoms with van der Waals surface area (Å²) in [6, 6.07) is -1.04. The van der Waals surface area contributed by atoms with Crippen molar-refractivity contribution in [2.24, 2.45) is 0 Å². The van der Waals surface area contributed by atoms with Crippen LogP contribution in [0.4, 0.5) is 0 Å². The minimum Gasteiger partial charge on any atom is -0.394 e. The number of rotatable bonds is 43. The van der Waals surface area contributed by atoms with Crippen molar-refractivity contribution in [3.63, 3.8) is 0 Å². The van der Waals surface area contributed by atoms with Crippen LogP contribution in [0.15, 0.2) is 24.3 Å². The Hall–Kier alpha value is -1.46. The van der Waals surface area contributed by atoms with Gasteiger partial charge in [0.2, 0.25) is 5.91 Å². The second-order valence-electron chi connectivity index (χ2n) is 17.9. The molecule has 372 valence electrons. The molecular weight excluding hydrogens is 827 g/mol. The van der Waals surface area contributed by atoms with Crippen LogP contribution >= 0.6 is 0 Å². The van der Waals surface area contributed by atoms with Gasteiger partial charge in [-0.25, -0.2) is 4.18 Å². The Morgan fingerprint density at radius 1 is 0.635 bits per heavy atom. The van der Waals surface area contributed by atoms with Crippen LogP contribution in [0.5, 0.6) is 0 Å². The summed E-state index contributed by atoms with van der Waals surface area (Å²) in [6.07, 6.45) is 33.5. The van der Waals surface area contributed by atoms with Gasteiger partial charge in [-0.3, -0.25) is 9.35 Å². The fraction of sp³-hybridized carbons (Fsp3) is 0.898. The molecule has 1 aliphatic heterocycles. The topological polar surface area (TPSA) is 212 Å². The molecule has 1 saturated heterocycles. The zero-order chi connectivity index (χ0) is 46.4. The van der Waals surface area contributed by atoms with Gasteiger partial charge in [0, 0.05) is 0 Å². The van der Waals surface area contributed by atoms with Crippen LogP contribution < -0.4 is 5.32 Å². The number of ether oxygens (including phenoxy) is 2. The lowest BCUT2D eigenvalue weighted by Gasteiger charge is -2.41. The molecule has 8 unspecified atom stereocenters. The van der Waals surface area contributed by atoms with Gasteiger partial charge in [0.15, 0.2) is 6.29 Å². The molecule has 1 rings (SSSR count). The van der Waals surface area contributed by atoms with Crippen molar-refractivity contribution < 1.29 is 57.0 Å². The third kappa shape index (κ3) is 32.0. The monoisotopic (exact) mass is 920 g/mol. The summed E-state index contributed by atoms with van der Waals surface area (Å²) in [5.74, 6) is -0.676. The van der Waals surface area contributed by atoms with Crippen molar-refractivity contribution in [2.45, 2.75) is 268 Å². The van der Waals surface area contributed by atoms with Gasteiger partial charge in [0.05, 0.1) is 25.4 Å². The average molecular weight is 920 g/mol. The van der Waals surface area contributed by atoms with E-state index in [-0.39, 0.29) is 6.42 Å². The summed E-state index contributed by atoms with van der Waals surface area (Å²) in [6.45, 7) is 3.26. The van der Waals surface area contributed by atoms with E-state index in [4.69, 9.17) is 9.47 Å². The fourth-order valence-corrected chi connectivity index (χ4v) is 8.59. The van der Waals surface area contributed by atoms with Gasteiger partial charge in [-0.2, -0.15) is 8.42 Å². The van der Waals surface area contributed by atoms with E-state index < -0.39 is 78.5 Å². The highest BCUT2D eigenvalue weighted by Gasteiger charge is 2.48. The Labute approximate surface area is 383 Å². The molecule has 14 heteroatoms. The first-order valence-electron chi connectivity index (χ1n) is 25.3. The third-order valence-electron chi connectivity index (χ3n) is 12.1. The second-order valence-corrected chi connectivity index (χ2v) is 18.9. The molecule has 1 amide bonds. The molecule has 1 fully saturated rings. The van der Waals surface area contributed by atoms with Crippen LogP contribution in [0, 0.1) is 0 Å². The van der Waals surface area contributed by atoms with Crippen molar-refractivity contribution in [3.05, 3.63) is 24.3 Å². The molecule has 0 spiro atoms. The lowest BCUT2D eigenvalue weighted by molar-refractivity contribution is -0.298. The standard InChI is InChI=1S/C49H93NO12S/c1-3-5-7-9-11-13-15-17-19-21-22-24-25-27-29-31-33-35-37-42(52)41(40-60-49-46(55)47(62-63(57,58)59)45(54)44(39-51)61-49)50-48(56)43(53)38-36-34-32-30-28-26-23-20-18-16-14-12-10-8-6-4-2/h12,14,18,20,41-47,49,51-55H,3-11,13,15-17,19,21-40H2,1-2H3,(H,50,56)(H,57,58,59)/b14-12-,20-18-. The number of hydrogen-bond acceptors (Lipinski definition) is 11. The van der Waals surface area contributed by atoms with E-state index in [9.17, 15) is 43.3 Å². The molecular formula is C49H93NO12S. The summed E-state index contributed by atoms with van der Waals surface area (Å²) in [5, 5.41) is 55.5. The summed E-state index contributed by atoms with van der Waals surface area (Å²) < 4.78 is 47.7. The molecule has 0 saturated carbocycles. The number of carbonyl (C=O) groups excluding carboxylic acids is 1. The van der Waals surface area contributed by atoms with Gasteiger partial charge in [0.25, 0.3) is 0 Å². The van der Waals surface area contributed by atoms with Gasteiger partial charge >= 0.3 is 10.4 Å². The number of carbonyl (C=O) groups is 1. The van der Waals surface area contributed by atoms with Gasteiger partial charge in [-0.05, 0) is 44.9 Å². The van der Waals surface area contributed by atoms with Crippen LogP contribution in [0.3, 0.4) is 0 Å².